The molecule has 0 spiro atoms. The van der Waals surface area contributed by atoms with Crippen molar-refractivity contribution in [2.75, 3.05) is 5.73 Å². The molecule has 0 saturated heterocycles. The first-order valence-corrected chi connectivity index (χ1v) is 6.66. The number of nitrogens with two attached hydrogens (primary N) is 1. The smallest absolute Gasteiger partial charge is 0.223 e. The van der Waals surface area contributed by atoms with E-state index < -0.39 is 11.6 Å². The fourth-order valence-electron chi connectivity index (χ4n) is 1.74. The predicted molar refractivity (Wildman–Crippen MR) is 72.0 cm³/mol. The number of halogens is 2. The van der Waals surface area contributed by atoms with Crippen molar-refractivity contribution in [3.63, 3.8) is 0 Å². The van der Waals surface area contributed by atoms with Crippen molar-refractivity contribution in [1.82, 2.24) is 19.9 Å². The number of benzene rings is 1. The Labute approximate surface area is 116 Å². The fraction of sp³-hybridized carbons (Fsp3) is 0.0833. The SMILES string of the molecule is Nc1nc(SCc2c(F)cccc2F)c2[nH]cnc2n1. The number of nitrogens with zero attached hydrogens (tertiary/aromatic N) is 3. The summed E-state index contributed by atoms with van der Waals surface area (Å²) in [6.45, 7) is 0. The number of hydrogen-bond donors (Lipinski definition) is 2. The molecule has 0 fully saturated rings. The monoisotopic (exact) mass is 293 g/mol. The Morgan fingerprint density at radius 3 is 2.70 bits per heavy atom. The van der Waals surface area contributed by atoms with Crippen molar-refractivity contribution >= 4 is 28.9 Å². The topological polar surface area (TPSA) is 80.5 Å². The number of H-pyrrole nitrogens is 1. The van der Waals surface area contributed by atoms with Crippen molar-refractivity contribution in [2.24, 2.45) is 0 Å². The van der Waals surface area contributed by atoms with E-state index in [1.807, 2.05) is 0 Å². The molecule has 0 saturated carbocycles. The molecule has 0 unspecified atom stereocenters. The van der Waals surface area contributed by atoms with Gasteiger partial charge in [-0.2, -0.15) is 4.98 Å². The number of imidazole rings is 1. The first-order valence-electron chi connectivity index (χ1n) is 5.67. The van der Waals surface area contributed by atoms with Gasteiger partial charge in [-0.25, -0.2) is 18.7 Å². The van der Waals surface area contributed by atoms with Crippen LogP contribution in [0, 0.1) is 11.6 Å². The van der Waals surface area contributed by atoms with Gasteiger partial charge in [-0.05, 0) is 12.1 Å². The van der Waals surface area contributed by atoms with Crippen LogP contribution in [-0.2, 0) is 5.75 Å². The van der Waals surface area contributed by atoms with Gasteiger partial charge in [-0.1, -0.05) is 17.8 Å². The highest BCUT2D eigenvalue weighted by Crippen LogP contribution is 2.28. The Morgan fingerprint density at radius 2 is 1.95 bits per heavy atom. The Hall–Kier alpha value is -2.22. The minimum absolute atomic E-state index is 0.00217. The molecule has 0 bridgehead atoms. The van der Waals surface area contributed by atoms with Crippen LogP contribution in [0.3, 0.4) is 0 Å². The lowest BCUT2D eigenvalue weighted by atomic mass is 10.2. The average molecular weight is 293 g/mol. The average Bonchev–Trinajstić information content (AvgIpc) is 2.86. The van der Waals surface area contributed by atoms with E-state index >= 15 is 0 Å². The van der Waals surface area contributed by atoms with Crippen molar-refractivity contribution in [1.29, 1.82) is 0 Å². The van der Waals surface area contributed by atoms with Gasteiger partial charge in [0.15, 0.2) is 5.65 Å². The molecule has 2 heterocycles. The van der Waals surface area contributed by atoms with Gasteiger partial charge in [-0.15, -0.1) is 0 Å². The van der Waals surface area contributed by atoms with E-state index in [9.17, 15) is 8.78 Å². The third-order valence-electron chi connectivity index (χ3n) is 2.68. The van der Waals surface area contributed by atoms with Crippen molar-refractivity contribution < 1.29 is 8.78 Å². The zero-order valence-corrected chi connectivity index (χ0v) is 10.9. The molecule has 0 aliphatic heterocycles. The molecule has 0 aliphatic carbocycles. The van der Waals surface area contributed by atoms with Crippen LogP contribution in [-0.4, -0.2) is 19.9 Å². The molecule has 5 nitrogen and oxygen atoms in total. The first-order chi connectivity index (χ1) is 9.65. The Kier molecular flexibility index (Phi) is 3.23. The van der Waals surface area contributed by atoms with Gasteiger partial charge in [0.25, 0.3) is 0 Å². The minimum Gasteiger partial charge on any atom is -0.368 e. The number of aromatic nitrogens is 4. The van der Waals surface area contributed by atoms with E-state index in [0.717, 1.165) is 0 Å². The number of thioether (sulfide) groups is 1. The molecule has 3 aromatic rings. The van der Waals surface area contributed by atoms with Crippen LogP contribution in [0.1, 0.15) is 5.56 Å². The van der Waals surface area contributed by atoms with Gasteiger partial charge < -0.3 is 10.7 Å². The zero-order valence-electron chi connectivity index (χ0n) is 10.1. The third-order valence-corrected chi connectivity index (χ3v) is 3.69. The van der Waals surface area contributed by atoms with Gasteiger partial charge in [0.2, 0.25) is 5.95 Å². The highest BCUT2D eigenvalue weighted by atomic mass is 32.2. The molecular weight excluding hydrogens is 284 g/mol. The molecule has 3 N–H and O–H groups in total. The molecule has 8 heteroatoms. The Balaban J connectivity index is 1.92. The molecule has 1 aromatic carbocycles. The van der Waals surface area contributed by atoms with E-state index in [-0.39, 0.29) is 17.3 Å². The highest BCUT2D eigenvalue weighted by Gasteiger charge is 2.13. The van der Waals surface area contributed by atoms with Crippen LogP contribution in [0.5, 0.6) is 0 Å². The van der Waals surface area contributed by atoms with Crippen molar-refractivity contribution in [2.45, 2.75) is 10.8 Å². The quantitative estimate of drug-likeness (QED) is 0.573. The van der Waals surface area contributed by atoms with Gasteiger partial charge in [0, 0.05) is 11.3 Å². The maximum atomic E-state index is 13.6. The van der Waals surface area contributed by atoms with Gasteiger partial charge in [0.1, 0.15) is 22.2 Å². The maximum absolute atomic E-state index is 13.6. The van der Waals surface area contributed by atoms with Gasteiger partial charge >= 0.3 is 0 Å². The summed E-state index contributed by atoms with van der Waals surface area (Å²) in [7, 11) is 0. The summed E-state index contributed by atoms with van der Waals surface area (Å²) in [5.74, 6) is -0.995. The molecule has 2 aromatic heterocycles. The van der Waals surface area contributed by atoms with E-state index in [4.69, 9.17) is 5.73 Å². The van der Waals surface area contributed by atoms with E-state index in [2.05, 4.69) is 19.9 Å². The molecule has 102 valence electrons. The summed E-state index contributed by atoms with van der Waals surface area (Å²) in [6.07, 6.45) is 1.46. The highest BCUT2D eigenvalue weighted by molar-refractivity contribution is 7.98. The second kappa shape index (κ2) is 5.04. The molecule has 0 aliphatic rings. The Bertz CT molecular complexity index is 753. The van der Waals surface area contributed by atoms with E-state index in [0.29, 0.717) is 16.2 Å². The Morgan fingerprint density at radius 1 is 1.20 bits per heavy atom. The number of fused-ring (bicyclic) bond motifs is 1. The number of nitrogens with one attached hydrogen (secondary N) is 1. The largest absolute Gasteiger partial charge is 0.368 e. The van der Waals surface area contributed by atoms with Gasteiger partial charge in [-0.3, -0.25) is 0 Å². The predicted octanol–water partition coefficient (Wildman–Crippen LogP) is 2.51. The summed E-state index contributed by atoms with van der Waals surface area (Å²) in [4.78, 5) is 14.9. The lowest BCUT2D eigenvalue weighted by Gasteiger charge is -2.05. The summed E-state index contributed by atoms with van der Waals surface area (Å²) in [5.41, 5.74) is 6.60. The molecule has 0 radical (unpaired) electrons. The zero-order chi connectivity index (χ0) is 14.1. The second-order valence-electron chi connectivity index (χ2n) is 3.98. The molecule has 0 amide bonds. The number of hydrogen-bond acceptors (Lipinski definition) is 5. The van der Waals surface area contributed by atoms with Gasteiger partial charge in [0.05, 0.1) is 6.33 Å². The minimum atomic E-state index is -0.583. The number of rotatable bonds is 3. The number of nitrogen functional groups attached to an aromatic ring is 1. The van der Waals surface area contributed by atoms with Crippen LogP contribution in [0.2, 0.25) is 0 Å². The van der Waals surface area contributed by atoms with Crippen LogP contribution in [0.25, 0.3) is 11.2 Å². The van der Waals surface area contributed by atoms with Crippen LogP contribution < -0.4 is 5.73 Å². The fourth-order valence-corrected chi connectivity index (χ4v) is 2.75. The van der Waals surface area contributed by atoms with Crippen LogP contribution >= 0.6 is 11.8 Å². The third kappa shape index (κ3) is 2.29. The lowest BCUT2D eigenvalue weighted by molar-refractivity contribution is 0.566. The molecule has 0 atom stereocenters. The van der Waals surface area contributed by atoms with Crippen molar-refractivity contribution in [3.8, 4) is 0 Å². The molecule has 20 heavy (non-hydrogen) atoms. The number of anilines is 1. The molecule has 3 rings (SSSR count). The summed E-state index contributed by atoms with van der Waals surface area (Å²) < 4.78 is 27.1. The summed E-state index contributed by atoms with van der Waals surface area (Å²) in [5, 5.41) is 0.507. The van der Waals surface area contributed by atoms with Crippen LogP contribution in [0.4, 0.5) is 14.7 Å². The standard InChI is InChI=1S/C12H9F2N5S/c13-7-2-1-3-8(14)6(7)4-20-11-9-10(17-5-16-9)18-12(15)19-11/h1-3,5H,4H2,(H3,15,16,17,18,19). The number of aromatic amines is 1. The van der Waals surface area contributed by atoms with Crippen LogP contribution in [0.15, 0.2) is 29.6 Å². The van der Waals surface area contributed by atoms with E-state index in [1.165, 1.54) is 36.3 Å². The first kappa shape index (κ1) is 12.8. The summed E-state index contributed by atoms with van der Waals surface area (Å²) >= 11 is 1.17. The lowest BCUT2D eigenvalue weighted by Crippen LogP contribution is -1.98. The second-order valence-corrected chi connectivity index (χ2v) is 4.94. The summed E-state index contributed by atoms with van der Waals surface area (Å²) in [6, 6.07) is 3.77. The normalized spacial score (nSPS) is 11.1. The molecular formula is C12H9F2N5S. The van der Waals surface area contributed by atoms with E-state index in [1.54, 1.807) is 0 Å². The maximum Gasteiger partial charge on any atom is 0.223 e. The van der Waals surface area contributed by atoms with Crippen molar-refractivity contribution in [3.05, 3.63) is 41.7 Å².